The van der Waals surface area contributed by atoms with Crippen LogP contribution in [0.4, 0.5) is 0 Å². The summed E-state index contributed by atoms with van der Waals surface area (Å²) in [5.41, 5.74) is 3.46. The summed E-state index contributed by atoms with van der Waals surface area (Å²) in [6.07, 6.45) is 2.32. The summed E-state index contributed by atoms with van der Waals surface area (Å²) in [4.78, 5) is 23.7. The maximum atomic E-state index is 12.2. The van der Waals surface area contributed by atoms with E-state index in [0.717, 1.165) is 6.42 Å². The standard InChI is InChI=1S/C22H25ClN2O6/c1-4-10-30-17-8-6-16(7-9-17)22(27)25-24-13-15-11-18(23)21(19(12-15)28-3)31-14-20(26)29-5-2/h6-9,11-13H,4-5,10,14H2,1-3H3,(H,25,27)/b24-13+. The van der Waals surface area contributed by atoms with E-state index in [2.05, 4.69) is 10.5 Å². The van der Waals surface area contributed by atoms with Crippen LogP contribution in [0.2, 0.25) is 5.02 Å². The van der Waals surface area contributed by atoms with Crippen LogP contribution in [0.1, 0.15) is 36.2 Å². The highest BCUT2D eigenvalue weighted by Gasteiger charge is 2.14. The molecule has 0 spiro atoms. The first-order valence-corrected chi connectivity index (χ1v) is 10.1. The number of methoxy groups -OCH3 is 1. The summed E-state index contributed by atoms with van der Waals surface area (Å²) in [5, 5.41) is 4.17. The number of amides is 1. The van der Waals surface area contributed by atoms with Crippen LogP contribution in [0.15, 0.2) is 41.5 Å². The number of nitrogens with one attached hydrogen (secondary N) is 1. The highest BCUT2D eigenvalue weighted by molar-refractivity contribution is 6.32. The summed E-state index contributed by atoms with van der Waals surface area (Å²) in [6, 6.07) is 9.96. The van der Waals surface area contributed by atoms with Gasteiger partial charge in [0.15, 0.2) is 18.1 Å². The van der Waals surface area contributed by atoms with Crippen molar-refractivity contribution in [3.8, 4) is 17.2 Å². The van der Waals surface area contributed by atoms with Crippen LogP contribution in [0.3, 0.4) is 0 Å². The average Bonchev–Trinajstić information content (AvgIpc) is 2.77. The average molecular weight is 449 g/mol. The molecule has 0 bridgehead atoms. The maximum absolute atomic E-state index is 12.2. The molecule has 0 aromatic heterocycles. The van der Waals surface area contributed by atoms with E-state index in [9.17, 15) is 9.59 Å². The zero-order valence-electron chi connectivity index (χ0n) is 17.6. The summed E-state index contributed by atoms with van der Waals surface area (Å²) in [7, 11) is 1.44. The highest BCUT2D eigenvalue weighted by Crippen LogP contribution is 2.36. The first-order valence-electron chi connectivity index (χ1n) is 9.70. The van der Waals surface area contributed by atoms with Gasteiger partial charge in [-0.15, -0.1) is 0 Å². The number of rotatable bonds is 11. The molecule has 0 aliphatic rings. The van der Waals surface area contributed by atoms with Crippen molar-refractivity contribution in [3.63, 3.8) is 0 Å². The van der Waals surface area contributed by atoms with Crippen LogP contribution >= 0.6 is 11.6 Å². The Kier molecular flexibility index (Phi) is 9.64. The molecule has 0 atom stereocenters. The number of hydrogen-bond donors (Lipinski definition) is 1. The zero-order chi connectivity index (χ0) is 22.6. The van der Waals surface area contributed by atoms with Crippen molar-refractivity contribution in [1.82, 2.24) is 5.43 Å². The van der Waals surface area contributed by atoms with Crippen LogP contribution < -0.4 is 19.6 Å². The molecular weight excluding hydrogens is 424 g/mol. The van der Waals surface area contributed by atoms with Gasteiger partial charge in [0.1, 0.15) is 5.75 Å². The van der Waals surface area contributed by atoms with Crippen LogP contribution in [0, 0.1) is 0 Å². The van der Waals surface area contributed by atoms with Crippen molar-refractivity contribution in [3.05, 3.63) is 52.5 Å². The summed E-state index contributed by atoms with van der Waals surface area (Å²) < 4.78 is 21.0. The molecule has 0 heterocycles. The fourth-order valence-electron chi connectivity index (χ4n) is 2.44. The molecule has 0 radical (unpaired) electrons. The lowest BCUT2D eigenvalue weighted by Gasteiger charge is -2.12. The van der Waals surface area contributed by atoms with E-state index in [1.807, 2.05) is 6.92 Å². The number of benzene rings is 2. The predicted molar refractivity (Wildman–Crippen MR) is 117 cm³/mol. The largest absolute Gasteiger partial charge is 0.494 e. The van der Waals surface area contributed by atoms with E-state index >= 15 is 0 Å². The molecule has 1 amide bonds. The van der Waals surface area contributed by atoms with Gasteiger partial charge in [-0.05, 0) is 55.3 Å². The van der Waals surface area contributed by atoms with E-state index in [0.29, 0.717) is 29.2 Å². The number of carbonyl (C=O) groups excluding carboxylic acids is 2. The van der Waals surface area contributed by atoms with E-state index in [4.69, 9.17) is 30.5 Å². The first kappa shape index (κ1) is 24.0. The fourth-order valence-corrected chi connectivity index (χ4v) is 2.71. The lowest BCUT2D eigenvalue weighted by Crippen LogP contribution is -2.17. The van der Waals surface area contributed by atoms with Gasteiger partial charge in [0.2, 0.25) is 0 Å². The van der Waals surface area contributed by atoms with E-state index in [1.54, 1.807) is 43.3 Å². The van der Waals surface area contributed by atoms with Crippen molar-refractivity contribution in [2.75, 3.05) is 26.9 Å². The molecule has 2 aromatic rings. The van der Waals surface area contributed by atoms with Gasteiger partial charge in [0.05, 0.1) is 31.6 Å². The molecule has 8 nitrogen and oxygen atoms in total. The molecule has 0 fully saturated rings. The number of hydrazone groups is 1. The molecule has 2 rings (SSSR count). The molecule has 31 heavy (non-hydrogen) atoms. The molecule has 9 heteroatoms. The monoisotopic (exact) mass is 448 g/mol. The Labute approximate surface area is 186 Å². The van der Waals surface area contributed by atoms with Gasteiger partial charge in [-0.25, -0.2) is 10.2 Å². The maximum Gasteiger partial charge on any atom is 0.344 e. The minimum atomic E-state index is -0.515. The summed E-state index contributed by atoms with van der Waals surface area (Å²) in [5.74, 6) is 0.342. The van der Waals surface area contributed by atoms with Crippen molar-refractivity contribution >= 4 is 29.7 Å². The van der Waals surface area contributed by atoms with Gasteiger partial charge in [-0.1, -0.05) is 18.5 Å². The molecule has 0 unspecified atom stereocenters. The van der Waals surface area contributed by atoms with Crippen LogP contribution in [-0.2, 0) is 9.53 Å². The Morgan fingerprint density at radius 3 is 2.52 bits per heavy atom. The third-order valence-corrected chi connectivity index (χ3v) is 4.14. The first-order chi connectivity index (χ1) is 15.0. The van der Waals surface area contributed by atoms with Crippen molar-refractivity contribution in [1.29, 1.82) is 0 Å². The van der Waals surface area contributed by atoms with Crippen LogP contribution in [-0.4, -0.2) is 45.0 Å². The second-order valence-electron chi connectivity index (χ2n) is 6.20. The molecular formula is C22H25ClN2O6. The van der Waals surface area contributed by atoms with E-state index in [1.165, 1.54) is 13.3 Å². The van der Waals surface area contributed by atoms with Gasteiger partial charge in [-0.2, -0.15) is 5.10 Å². The van der Waals surface area contributed by atoms with Crippen LogP contribution in [0.25, 0.3) is 0 Å². The topological polar surface area (TPSA) is 95.5 Å². The van der Waals surface area contributed by atoms with Gasteiger partial charge in [-0.3, -0.25) is 4.79 Å². The van der Waals surface area contributed by atoms with Crippen molar-refractivity contribution < 1.29 is 28.5 Å². The molecule has 166 valence electrons. The van der Waals surface area contributed by atoms with Gasteiger partial charge in [0, 0.05) is 5.56 Å². The Hall–Kier alpha value is -3.26. The van der Waals surface area contributed by atoms with Gasteiger partial charge >= 0.3 is 5.97 Å². The Balaban J connectivity index is 2.00. The molecule has 2 aromatic carbocycles. The third kappa shape index (κ3) is 7.49. The molecule has 0 saturated carbocycles. The number of nitrogens with zero attached hydrogens (tertiary/aromatic N) is 1. The van der Waals surface area contributed by atoms with Gasteiger partial charge < -0.3 is 18.9 Å². The van der Waals surface area contributed by atoms with Crippen molar-refractivity contribution in [2.24, 2.45) is 5.10 Å². The zero-order valence-corrected chi connectivity index (χ0v) is 18.4. The molecule has 1 N–H and O–H groups in total. The Bertz CT molecular complexity index is 915. The van der Waals surface area contributed by atoms with Crippen LogP contribution in [0.5, 0.6) is 17.2 Å². The predicted octanol–water partition coefficient (Wildman–Crippen LogP) is 3.84. The second kappa shape index (κ2) is 12.4. The van der Waals surface area contributed by atoms with E-state index < -0.39 is 5.97 Å². The quantitative estimate of drug-likeness (QED) is 0.319. The summed E-state index contributed by atoms with van der Waals surface area (Å²) >= 11 is 6.24. The molecule has 0 aliphatic heterocycles. The Morgan fingerprint density at radius 1 is 1.13 bits per heavy atom. The normalized spacial score (nSPS) is 10.6. The van der Waals surface area contributed by atoms with E-state index in [-0.39, 0.29) is 29.9 Å². The van der Waals surface area contributed by atoms with Crippen molar-refractivity contribution in [2.45, 2.75) is 20.3 Å². The smallest absolute Gasteiger partial charge is 0.344 e. The van der Waals surface area contributed by atoms with Gasteiger partial charge in [0.25, 0.3) is 5.91 Å². The second-order valence-corrected chi connectivity index (χ2v) is 6.61. The minimum Gasteiger partial charge on any atom is -0.494 e. The molecule has 0 aliphatic carbocycles. The SMILES string of the molecule is CCCOc1ccc(C(=O)N/N=C/c2cc(Cl)c(OCC(=O)OCC)c(OC)c2)cc1. The molecule has 0 saturated heterocycles. The lowest BCUT2D eigenvalue weighted by atomic mass is 10.2. The number of hydrogen-bond acceptors (Lipinski definition) is 7. The fraction of sp³-hybridized carbons (Fsp3) is 0.318. The number of esters is 1. The Morgan fingerprint density at radius 2 is 1.87 bits per heavy atom. The number of carbonyl (C=O) groups is 2. The highest BCUT2D eigenvalue weighted by atomic mass is 35.5. The number of halogens is 1. The number of ether oxygens (including phenoxy) is 4. The minimum absolute atomic E-state index is 0.212. The lowest BCUT2D eigenvalue weighted by molar-refractivity contribution is -0.145. The third-order valence-electron chi connectivity index (χ3n) is 3.86. The summed E-state index contributed by atoms with van der Waals surface area (Å²) in [6.45, 7) is 4.30.